The number of nitrogens with zero attached hydrogens (tertiary/aromatic N) is 2. The second-order valence-corrected chi connectivity index (χ2v) is 1.42. The molecule has 0 aliphatic carbocycles. The van der Waals surface area contributed by atoms with E-state index in [1.807, 2.05) is 0 Å². The predicted molar refractivity (Wildman–Crippen MR) is 27.0 cm³/mol. The third kappa shape index (κ3) is 0.729. The summed E-state index contributed by atoms with van der Waals surface area (Å²) in [6.45, 7) is 0. The third-order valence-corrected chi connectivity index (χ3v) is 0.805. The van der Waals surface area contributed by atoms with E-state index in [0.29, 0.717) is 6.26 Å². The summed E-state index contributed by atoms with van der Waals surface area (Å²) >= 11 is 0. The minimum Gasteiger partial charge on any atom is -0.501 e. The maximum Gasteiger partial charge on any atom is 0.395 e. The van der Waals surface area contributed by atoms with Crippen LogP contribution in [0.1, 0.15) is 0 Å². The average molecular weight is 146 g/mol. The fourth-order valence-corrected chi connectivity index (χ4v) is 0.409. The van der Waals surface area contributed by atoms with Crippen molar-refractivity contribution in [2.45, 2.75) is 0 Å². The minimum atomic E-state index is -1.18. The number of hydrogen-bond acceptors (Lipinski definition) is 5. The number of aromatic hydroxyl groups is 1. The maximum absolute atomic E-state index is 10.4. The number of rotatable bonds is 1. The summed E-state index contributed by atoms with van der Waals surface area (Å²) < 4.78 is 4.01. The van der Waals surface area contributed by atoms with Gasteiger partial charge in [0.25, 0.3) is 0 Å². The first kappa shape index (κ1) is 6.33. The average Bonchev–Trinajstić information content (AvgIpc) is 2.14. The van der Waals surface area contributed by atoms with Crippen LogP contribution in [0, 0.1) is 10.1 Å². The molecule has 0 unspecified atom stereocenters. The Morgan fingerprint density at radius 1 is 1.80 bits per heavy atom. The van der Waals surface area contributed by atoms with Gasteiger partial charge in [0, 0.05) is 0 Å². The van der Waals surface area contributed by atoms with Crippen molar-refractivity contribution in [3.8, 4) is 5.75 Å². The van der Waals surface area contributed by atoms with E-state index in [-0.39, 0.29) is 4.85 Å². The standard InChI is InChI=1S/C3H2N2O5/c6-2-1-10-4(3(2)7)5(8)9/h1,6H. The van der Waals surface area contributed by atoms with Gasteiger partial charge in [-0.05, 0) is 0 Å². The molecule has 54 valence electrons. The summed E-state index contributed by atoms with van der Waals surface area (Å²) in [6.07, 6.45) is 0.588. The van der Waals surface area contributed by atoms with E-state index in [9.17, 15) is 14.9 Å². The molecule has 0 radical (unpaired) electrons. The lowest BCUT2D eigenvalue weighted by Gasteiger charge is -1.80. The molecular formula is C3H2N2O5. The van der Waals surface area contributed by atoms with Crippen molar-refractivity contribution >= 4 is 0 Å². The largest absolute Gasteiger partial charge is 0.501 e. The second kappa shape index (κ2) is 1.87. The molecule has 1 rings (SSSR count). The smallest absolute Gasteiger partial charge is 0.395 e. The molecule has 1 aromatic rings. The summed E-state index contributed by atoms with van der Waals surface area (Å²) in [4.78, 5) is 20.0. The van der Waals surface area contributed by atoms with Gasteiger partial charge in [0.1, 0.15) is 4.85 Å². The molecule has 0 spiro atoms. The van der Waals surface area contributed by atoms with Gasteiger partial charge in [-0.15, -0.1) is 0 Å². The fraction of sp³-hybridized carbons (Fsp3) is 0. The Balaban J connectivity index is 3.32. The summed E-state index contributed by atoms with van der Waals surface area (Å²) in [5.74, 6) is -0.781. The molecule has 1 aromatic heterocycles. The molecule has 7 heteroatoms. The molecule has 0 saturated carbocycles. The highest BCUT2D eigenvalue weighted by molar-refractivity contribution is 5.05. The van der Waals surface area contributed by atoms with Gasteiger partial charge >= 0.3 is 5.56 Å². The van der Waals surface area contributed by atoms with Crippen molar-refractivity contribution < 1.29 is 14.7 Å². The first-order valence-electron chi connectivity index (χ1n) is 2.17. The molecule has 0 amide bonds. The van der Waals surface area contributed by atoms with Crippen LogP contribution in [0.25, 0.3) is 0 Å². The molecular weight excluding hydrogens is 144 g/mol. The van der Waals surface area contributed by atoms with Crippen molar-refractivity contribution in [1.82, 2.24) is 4.85 Å². The molecule has 1 heterocycles. The predicted octanol–water partition coefficient (Wildman–Crippen LogP) is -0.813. The molecule has 0 saturated heterocycles. The van der Waals surface area contributed by atoms with E-state index < -0.39 is 16.3 Å². The first-order valence-corrected chi connectivity index (χ1v) is 2.17. The van der Waals surface area contributed by atoms with Crippen molar-refractivity contribution in [3.05, 3.63) is 26.7 Å². The molecule has 0 aliphatic rings. The highest BCUT2D eigenvalue weighted by Crippen LogP contribution is 1.97. The van der Waals surface area contributed by atoms with Crippen LogP contribution in [0.3, 0.4) is 0 Å². The van der Waals surface area contributed by atoms with Gasteiger partial charge < -0.3 is 9.63 Å². The quantitative estimate of drug-likeness (QED) is 0.412. The molecule has 0 fully saturated rings. The topological polar surface area (TPSA) is 98.5 Å². The van der Waals surface area contributed by atoms with Crippen LogP contribution in [-0.4, -0.2) is 15.0 Å². The van der Waals surface area contributed by atoms with E-state index in [1.165, 1.54) is 0 Å². The Labute approximate surface area is 53.2 Å². The van der Waals surface area contributed by atoms with Crippen molar-refractivity contribution in [1.29, 1.82) is 0 Å². The highest BCUT2D eigenvalue weighted by Gasteiger charge is 2.14. The number of nitro groups is 1. The van der Waals surface area contributed by atoms with Crippen LogP contribution >= 0.6 is 0 Å². The Bertz CT molecular complexity index is 309. The monoisotopic (exact) mass is 146 g/mol. The summed E-state index contributed by atoms with van der Waals surface area (Å²) in [5, 5.41) is 17.2. The Morgan fingerprint density at radius 2 is 2.40 bits per heavy atom. The molecule has 7 nitrogen and oxygen atoms in total. The summed E-state index contributed by atoms with van der Waals surface area (Å²) in [6, 6.07) is 0. The molecule has 1 N–H and O–H groups in total. The normalized spacial score (nSPS) is 9.60. The van der Waals surface area contributed by atoms with Crippen LogP contribution < -0.4 is 5.56 Å². The van der Waals surface area contributed by atoms with Crippen molar-refractivity contribution in [2.24, 2.45) is 0 Å². The number of aromatic nitrogens is 1. The van der Waals surface area contributed by atoms with E-state index in [2.05, 4.69) is 4.52 Å². The Kier molecular flexibility index (Phi) is 1.18. The zero-order valence-corrected chi connectivity index (χ0v) is 4.55. The molecule has 0 atom stereocenters. The molecule has 0 aromatic carbocycles. The van der Waals surface area contributed by atoms with E-state index in [0.717, 1.165) is 0 Å². The molecule has 0 aliphatic heterocycles. The number of hydrogen-bond donors (Lipinski definition) is 1. The lowest BCUT2D eigenvalue weighted by Crippen LogP contribution is -2.20. The lowest BCUT2D eigenvalue weighted by molar-refractivity contribution is -0.583. The van der Waals surface area contributed by atoms with Gasteiger partial charge in [-0.25, -0.2) is 10.1 Å². The SMILES string of the molecule is O=c1c(O)con1[N+](=O)[O-]. The van der Waals surface area contributed by atoms with Crippen LogP contribution in [0.15, 0.2) is 15.6 Å². The van der Waals surface area contributed by atoms with E-state index >= 15 is 0 Å². The van der Waals surface area contributed by atoms with Crippen molar-refractivity contribution in [3.63, 3.8) is 0 Å². The Morgan fingerprint density at radius 3 is 2.60 bits per heavy atom. The zero-order valence-electron chi connectivity index (χ0n) is 4.55. The zero-order chi connectivity index (χ0) is 7.72. The van der Waals surface area contributed by atoms with Gasteiger partial charge in [-0.3, -0.25) is 4.79 Å². The third-order valence-electron chi connectivity index (χ3n) is 0.805. The van der Waals surface area contributed by atoms with E-state index in [4.69, 9.17) is 5.11 Å². The minimum absolute atomic E-state index is 0.171. The maximum atomic E-state index is 10.4. The highest BCUT2D eigenvalue weighted by atomic mass is 16.7. The lowest BCUT2D eigenvalue weighted by atomic mass is 10.7. The van der Waals surface area contributed by atoms with Crippen LogP contribution in [0.2, 0.25) is 0 Å². The van der Waals surface area contributed by atoms with Gasteiger partial charge in [0.05, 0.1) is 0 Å². The summed E-state index contributed by atoms with van der Waals surface area (Å²) in [7, 11) is 0. The molecule has 10 heavy (non-hydrogen) atoms. The second-order valence-electron chi connectivity index (χ2n) is 1.42. The Hall–Kier alpha value is -1.79. The van der Waals surface area contributed by atoms with Crippen LogP contribution in [-0.2, 0) is 0 Å². The van der Waals surface area contributed by atoms with Crippen LogP contribution in [0.4, 0.5) is 0 Å². The van der Waals surface area contributed by atoms with Crippen molar-refractivity contribution in [2.75, 3.05) is 0 Å². The van der Waals surface area contributed by atoms with Gasteiger partial charge in [0.2, 0.25) is 10.8 Å². The van der Waals surface area contributed by atoms with Gasteiger partial charge in [0.15, 0.2) is 6.26 Å². The van der Waals surface area contributed by atoms with Gasteiger partial charge in [-0.1, -0.05) is 0 Å². The van der Waals surface area contributed by atoms with E-state index in [1.54, 1.807) is 0 Å². The molecule has 0 bridgehead atoms. The fourth-order valence-electron chi connectivity index (χ4n) is 0.409. The first-order chi connectivity index (χ1) is 4.63. The summed E-state index contributed by atoms with van der Waals surface area (Å²) in [5.41, 5.74) is -1.18. The van der Waals surface area contributed by atoms with Gasteiger partial charge in [-0.2, -0.15) is 0 Å². The van der Waals surface area contributed by atoms with Crippen LogP contribution in [0.5, 0.6) is 5.75 Å².